The number of imidazole rings is 1. The van der Waals surface area contributed by atoms with Gasteiger partial charge in [-0.05, 0) is 64.7 Å². The fourth-order valence-electron chi connectivity index (χ4n) is 4.19. The number of hydrogen-bond donors (Lipinski definition) is 2. The number of carboxylic acids is 1. The zero-order valence-corrected chi connectivity index (χ0v) is 18.8. The van der Waals surface area contributed by atoms with Gasteiger partial charge in [-0.15, -0.1) is 0 Å². The fourth-order valence-corrected chi connectivity index (χ4v) is 5.00. The van der Waals surface area contributed by atoms with E-state index in [1.807, 2.05) is 49.6 Å². The Balaban J connectivity index is 2.00. The number of rotatable bonds is 3. The largest absolute Gasteiger partial charge is 0.476 e. The van der Waals surface area contributed by atoms with Gasteiger partial charge in [-0.25, -0.2) is 9.78 Å². The van der Waals surface area contributed by atoms with Crippen LogP contribution < -0.4 is 5.32 Å². The third-order valence-corrected chi connectivity index (χ3v) is 6.43. The topological polar surface area (TPSA) is 90.9 Å². The van der Waals surface area contributed by atoms with Crippen LogP contribution in [-0.2, 0) is 0 Å². The Morgan fingerprint density at radius 2 is 2.10 bits per heavy atom. The van der Waals surface area contributed by atoms with E-state index >= 15 is 0 Å². The zero-order chi connectivity index (χ0) is 21.7. The van der Waals surface area contributed by atoms with E-state index in [0.717, 1.165) is 28.1 Å². The van der Waals surface area contributed by atoms with Crippen LogP contribution in [0.3, 0.4) is 0 Å². The molecule has 8 heteroatoms. The van der Waals surface area contributed by atoms with Crippen molar-refractivity contribution in [2.75, 3.05) is 5.32 Å². The molecule has 0 saturated heterocycles. The normalized spacial score (nSPS) is 20.0. The van der Waals surface area contributed by atoms with Crippen molar-refractivity contribution in [3.8, 4) is 6.07 Å². The lowest BCUT2D eigenvalue weighted by Gasteiger charge is -2.36. The van der Waals surface area contributed by atoms with Crippen LogP contribution in [0.25, 0.3) is 5.70 Å². The number of fused-ring (bicyclic) bond motifs is 2. The number of allylic oxidation sites excluding steroid dienone is 4. The molecule has 2 aliphatic rings. The first-order valence-electron chi connectivity index (χ1n) is 9.32. The molecule has 2 atom stereocenters. The van der Waals surface area contributed by atoms with Crippen LogP contribution in [0.15, 0.2) is 51.8 Å². The van der Waals surface area contributed by atoms with Crippen LogP contribution >= 0.6 is 27.5 Å². The van der Waals surface area contributed by atoms with Crippen molar-refractivity contribution >= 4 is 44.9 Å². The van der Waals surface area contributed by atoms with Crippen molar-refractivity contribution in [3.05, 3.63) is 73.8 Å². The Kier molecular flexibility index (Phi) is 5.08. The summed E-state index contributed by atoms with van der Waals surface area (Å²) in [5.41, 5.74) is 5.68. The predicted molar refractivity (Wildman–Crippen MR) is 119 cm³/mol. The average molecular weight is 486 g/mol. The number of benzene rings is 1. The first-order chi connectivity index (χ1) is 14.2. The van der Waals surface area contributed by atoms with E-state index in [9.17, 15) is 15.2 Å². The Bertz CT molecular complexity index is 1230. The summed E-state index contributed by atoms with van der Waals surface area (Å²) in [5, 5.41) is 23.4. The number of aromatic carboxylic acids is 1. The summed E-state index contributed by atoms with van der Waals surface area (Å²) >= 11 is 9.64. The SMILES string of the molecule is CC1=C2C(=CC=C(C#N)C2C)C(Nc2cc(Cl)ccc2C)c2c(C(=O)O)nc(Br)n21. The van der Waals surface area contributed by atoms with E-state index in [-0.39, 0.29) is 11.6 Å². The quantitative estimate of drug-likeness (QED) is 0.579. The summed E-state index contributed by atoms with van der Waals surface area (Å²) in [5.74, 6) is -1.23. The monoisotopic (exact) mass is 484 g/mol. The minimum absolute atomic E-state index is 0.0268. The standard InChI is InChI=1S/C22H18BrClN4O2/c1-10-4-6-14(24)8-16(10)26-18-15-7-5-13(9-25)11(2)17(15)12(3)28-20(18)19(21(29)30)27-22(28)23/h4-8,11,18,26H,1-3H3,(H,29,30). The maximum Gasteiger partial charge on any atom is 0.356 e. The molecule has 152 valence electrons. The van der Waals surface area contributed by atoms with E-state index in [2.05, 4.69) is 32.3 Å². The number of hydrogen-bond acceptors (Lipinski definition) is 4. The van der Waals surface area contributed by atoms with Crippen molar-refractivity contribution in [3.63, 3.8) is 0 Å². The van der Waals surface area contributed by atoms with Gasteiger partial charge in [-0.1, -0.05) is 30.7 Å². The van der Waals surface area contributed by atoms with Crippen LogP contribution in [0.5, 0.6) is 0 Å². The van der Waals surface area contributed by atoms with E-state index in [0.29, 0.717) is 21.0 Å². The fraction of sp³-hybridized carbons (Fsp3) is 0.227. The summed E-state index contributed by atoms with van der Waals surface area (Å²) in [7, 11) is 0. The van der Waals surface area contributed by atoms with Crippen LogP contribution in [0, 0.1) is 24.2 Å². The third-order valence-electron chi connectivity index (χ3n) is 5.67. The molecule has 0 saturated carbocycles. The molecule has 2 N–H and O–H groups in total. The molecular weight excluding hydrogens is 468 g/mol. The molecule has 0 bridgehead atoms. The highest BCUT2D eigenvalue weighted by molar-refractivity contribution is 9.10. The number of carboxylic acid groups (broad SMARTS) is 1. The lowest BCUT2D eigenvalue weighted by molar-refractivity contribution is 0.0689. The summed E-state index contributed by atoms with van der Waals surface area (Å²) in [6.45, 7) is 5.86. The summed E-state index contributed by atoms with van der Waals surface area (Å²) in [6, 6.07) is 7.32. The van der Waals surface area contributed by atoms with Crippen molar-refractivity contribution in [2.45, 2.75) is 26.8 Å². The average Bonchev–Trinajstić information content (AvgIpc) is 3.05. The van der Waals surface area contributed by atoms with Gasteiger partial charge in [0.05, 0.1) is 17.8 Å². The van der Waals surface area contributed by atoms with Crippen molar-refractivity contribution < 1.29 is 9.90 Å². The number of aryl methyl sites for hydroxylation is 1. The molecule has 1 aromatic heterocycles. The molecule has 2 heterocycles. The van der Waals surface area contributed by atoms with Gasteiger partial charge in [0.1, 0.15) is 0 Å². The number of nitriles is 1. The minimum atomic E-state index is -1.10. The lowest BCUT2D eigenvalue weighted by atomic mass is 9.77. The van der Waals surface area contributed by atoms with Gasteiger partial charge in [0.2, 0.25) is 0 Å². The van der Waals surface area contributed by atoms with Crippen molar-refractivity contribution in [1.29, 1.82) is 5.26 Å². The Morgan fingerprint density at radius 1 is 1.37 bits per heavy atom. The van der Waals surface area contributed by atoms with Crippen molar-refractivity contribution in [2.24, 2.45) is 5.92 Å². The second-order valence-electron chi connectivity index (χ2n) is 7.37. The highest BCUT2D eigenvalue weighted by Crippen LogP contribution is 2.48. The summed E-state index contributed by atoms with van der Waals surface area (Å²) < 4.78 is 2.22. The zero-order valence-electron chi connectivity index (χ0n) is 16.5. The second-order valence-corrected chi connectivity index (χ2v) is 8.51. The molecule has 1 aliphatic heterocycles. The maximum absolute atomic E-state index is 12.0. The number of halogens is 2. The van der Waals surface area contributed by atoms with Crippen LogP contribution in [0.4, 0.5) is 5.69 Å². The molecule has 30 heavy (non-hydrogen) atoms. The number of aromatic nitrogens is 2. The van der Waals surface area contributed by atoms with Gasteiger partial charge in [-0.3, -0.25) is 4.57 Å². The molecule has 1 aliphatic carbocycles. The molecule has 2 aromatic rings. The van der Waals surface area contributed by atoms with Gasteiger partial charge in [0, 0.05) is 27.9 Å². The molecule has 1 aromatic carbocycles. The van der Waals surface area contributed by atoms with Crippen molar-refractivity contribution in [1.82, 2.24) is 9.55 Å². The lowest BCUT2D eigenvalue weighted by Crippen LogP contribution is -2.29. The van der Waals surface area contributed by atoms with Gasteiger partial charge in [0.25, 0.3) is 0 Å². The van der Waals surface area contributed by atoms with Crippen LogP contribution in [0.2, 0.25) is 5.02 Å². The Hall–Kier alpha value is -2.82. The second kappa shape index (κ2) is 7.46. The Morgan fingerprint density at radius 3 is 2.77 bits per heavy atom. The van der Waals surface area contributed by atoms with Gasteiger partial charge >= 0.3 is 5.97 Å². The Labute approximate surface area is 187 Å². The third kappa shape index (κ3) is 3.08. The summed E-state index contributed by atoms with van der Waals surface area (Å²) in [4.78, 5) is 16.3. The van der Waals surface area contributed by atoms with Crippen LogP contribution in [0.1, 0.15) is 41.6 Å². The van der Waals surface area contributed by atoms with E-state index < -0.39 is 12.0 Å². The molecule has 0 fully saturated rings. The summed E-state index contributed by atoms with van der Waals surface area (Å²) in [6.07, 6.45) is 3.70. The predicted octanol–water partition coefficient (Wildman–Crippen LogP) is 5.73. The number of carbonyl (C=O) groups is 1. The number of nitrogens with zero attached hydrogens (tertiary/aromatic N) is 3. The maximum atomic E-state index is 12.0. The van der Waals surface area contributed by atoms with E-state index in [1.54, 1.807) is 6.08 Å². The number of anilines is 1. The van der Waals surface area contributed by atoms with Gasteiger partial charge in [0.15, 0.2) is 10.4 Å². The molecule has 6 nitrogen and oxygen atoms in total. The smallest absolute Gasteiger partial charge is 0.356 e. The molecule has 0 radical (unpaired) electrons. The van der Waals surface area contributed by atoms with Gasteiger partial charge < -0.3 is 10.4 Å². The first kappa shape index (κ1) is 20.5. The first-order valence-corrected chi connectivity index (χ1v) is 10.5. The molecular formula is C22H18BrClN4O2. The number of nitrogens with one attached hydrogen (secondary N) is 1. The van der Waals surface area contributed by atoms with E-state index in [4.69, 9.17) is 11.6 Å². The molecule has 2 unspecified atom stereocenters. The highest BCUT2D eigenvalue weighted by Gasteiger charge is 2.39. The molecule has 4 rings (SSSR count). The molecule has 0 spiro atoms. The van der Waals surface area contributed by atoms with Gasteiger partial charge in [-0.2, -0.15) is 5.26 Å². The van der Waals surface area contributed by atoms with Crippen LogP contribution in [-0.4, -0.2) is 20.6 Å². The molecule has 0 amide bonds. The van der Waals surface area contributed by atoms with E-state index in [1.165, 1.54) is 0 Å². The highest BCUT2D eigenvalue weighted by atomic mass is 79.9. The minimum Gasteiger partial charge on any atom is -0.476 e.